The average Bonchev–Trinajstić information content (AvgIpc) is 2.59. The van der Waals surface area contributed by atoms with Gasteiger partial charge in [-0.1, -0.05) is 78.9 Å². The van der Waals surface area contributed by atoms with E-state index >= 15 is 0 Å². The molecule has 23 heavy (non-hydrogen) atoms. The predicted octanol–water partition coefficient (Wildman–Crippen LogP) is 3.99. The summed E-state index contributed by atoms with van der Waals surface area (Å²) >= 11 is 0. The highest BCUT2D eigenvalue weighted by Crippen LogP contribution is 2.01. The molecule has 2 aromatic rings. The van der Waals surface area contributed by atoms with Crippen LogP contribution in [0, 0.1) is 0 Å². The largest absolute Gasteiger partial charge is 0.273 e. The first-order valence-electron chi connectivity index (χ1n) is 7.51. The van der Waals surface area contributed by atoms with Crippen molar-refractivity contribution < 1.29 is 4.79 Å². The second-order valence-electron chi connectivity index (χ2n) is 5.08. The Labute approximate surface area is 137 Å². The maximum absolute atomic E-state index is 11.8. The fourth-order valence-corrected chi connectivity index (χ4v) is 1.93. The lowest BCUT2D eigenvalue weighted by atomic mass is 10.1. The maximum Gasteiger partial charge on any atom is 0.244 e. The van der Waals surface area contributed by atoms with Gasteiger partial charge in [0, 0.05) is 0 Å². The van der Waals surface area contributed by atoms with Crippen LogP contribution in [-0.2, 0) is 11.2 Å². The highest BCUT2D eigenvalue weighted by atomic mass is 16.2. The van der Waals surface area contributed by atoms with Gasteiger partial charge in [-0.15, -0.1) is 0 Å². The van der Waals surface area contributed by atoms with Gasteiger partial charge in [0.05, 0.1) is 12.1 Å². The van der Waals surface area contributed by atoms with E-state index < -0.39 is 0 Å². The Morgan fingerprint density at radius 3 is 2.35 bits per heavy atom. The standard InChI is InChI=1S/C20H20N2O/c1-17(10-8-9-13-18-11-4-2-5-12-18)21-22-20(23)16-19-14-6-3-7-15-19/h2-15H,16H2,1H3,(H,22,23)/b10-8+,13-9+,21-17+. The summed E-state index contributed by atoms with van der Waals surface area (Å²) in [4.78, 5) is 11.8. The van der Waals surface area contributed by atoms with Crippen LogP contribution in [0.2, 0.25) is 0 Å². The van der Waals surface area contributed by atoms with E-state index in [2.05, 4.69) is 10.5 Å². The van der Waals surface area contributed by atoms with Crippen molar-refractivity contribution in [2.45, 2.75) is 13.3 Å². The Morgan fingerprint density at radius 1 is 1.00 bits per heavy atom. The Hall–Kier alpha value is -2.94. The van der Waals surface area contributed by atoms with Crippen LogP contribution >= 0.6 is 0 Å². The summed E-state index contributed by atoms with van der Waals surface area (Å²) < 4.78 is 0. The second-order valence-corrected chi connectivity index (χ2v) is 5.08. The number of hydrazone groups is 1. The van der Waals surface area contributed by atoms with Crippen molar-refractivity contribution in [3.8, 4) is 0 Å². The van der Waals surface area contributed by atoms with Gasteiger partial charge in [-0.25, -0.2) is 5.43 Å². The zero-order valence-electron chi connectivity index (χ0n) is 13.1. The van der Waals surface area contributed by atoms with Gasteiger partial charge in [0.1, 0.15) is 0 Å². The van der Waals surface area contributed by atoms with Crippen LogP contribution in [0.3, 0.4) is 0 Å². The molecule has 0 bridgehead atoms. The Balaban J connectivity index is 1.79. The average molecular weight is 304 g/mol. The molecule has 1 amide bonds. The van der Waals surface area contributed by atoms with Gasteiger partial charge in [0.15, 0.2) is 0 Å². The molecule has 0 spiro atoms. The molecule has 3 nitrogen and oxygen atoms in total. The Bertz CT molecular complexity index is 701. The van der Waals surface area contributed by atoms with Crippen molar-refractivity contribution in [3.63, 3.8) is 0 Å². The lowest BCUT2D eigenvalue weighted by Crippen LogP contribution is -2.20. The molecule has 0 saturated carbocycles. The third-order valence-corrected chi connectivity index (χ3v) is 3.10. The summed E-state index contributed by atoms with van der Waals surface area (Å²) in [5.41, 5.74) is 5.42. The minimum atomic E-state index is -0.122. The van der Waals surface area contributed by atoms with Crippen molar-refractivity contribution in [2.24, 2.45) is 5.10 Å². The van der Waals surface area contributed by atoms with Gasteiger partial charge in [-0.2, -0.15) is 5.10 Å². The monoisotopic (exact) mass is 304 g/mol. The predicted molar refractivity (Wildman–Crippen MR) is 96.0 cm³/mol. The molecule has 0 aliphatic heterocycles. The van der Waals surface area contributed by atoms with Gasteiger partial charge in [-0.05, 0) is 24.1 Å². The number of nitrogens with zero attached hydrogens (tertiary/aromatic N) is 1. The van der Waals surface area contributed by atoms with E-state index in [1.165, 1.54) is 0 Å². The minimum Gasteiger partial charge on any atom is -0.273 e. The quantitative estimate of drug-likeness (QED) is 0.489. The minimum absolute atomic E-state index is 0.122. The Kier molecular flexibility index (Phi) is 6.54. The highest BCUT2D eigenvalue weighted by Gasteiger charge is 2.00. The first-order chi connectivity index (χ1) is 11.2. The first-order valence-corrected chi connectivity index (χ1v) is 7.51. The Morgan fingerprint density at radius 2 is 1.65 bits per heavy atom. The number of amides is 1. The molecule has 0 aliphatic carbocycles. The van der Waals surface area contributed by atoms with E-state index in [-0.39, 0.29) is 5.91 Å². The van der Waals surface area contributed by atoms with Gasteiger partial charge in [-0.3, -0.25) is 4.79 Å². The molecule has 0 atom stereocenters. The van der Waals surface area contributed by atoms with Gasteiger partial charge in [0.25, 0.3) is 0 Å². The van der Waals surface area contributed by atoms with E-state index in [1.54, 1.807) is 0 Å². The van der Waals surface area contributed by atoms with E-state index in [1.807, 2.05) is 91.9 Å². The summed E-state index contributed by atoms with van der Waals surface area (Å²) in [5.74, 6) is -0.122. The van der Waals surface area contributed by atoms with Crippen LogP contribution in [0.25, 0.3) is 6.08 Å². The summed E-state index contributed by atoms with van der Waals surface area (Å²) in [6, 6.07) is 19.7. The SMILES string of the molecule is CC(/C=C/C=C/c1ccccc1)=N\NC(=O)Cc1ccccc1. The molecule has 0 heterocycles. The fraction of sp³-hybridized carbons (Fsp3) is 0.100. The van der Waals surface area contributed by atoms with Crippen LogP contribution in [0.15, 0.2) is 84.0 Å². The number of carbonyl (C=O) groups excluding carboxylic acids is 1. The third kappa shape index (κ3) is 6.57. The molecule has 0 aromatic heterocycles. The fourth-order valence-electron chi connectivity index (χ4n) is 1.93. The van der Waals surface area contributed by atoms with Crippen molar-refractivity contribution in [1.29, 1.82) is 0 Å². The van der Waals surface area contributed by atoms with Gasteiger partial charge in [0.2, 0.25) is 5.91 Å². The number of hydrogen-bond acceptors (Lipinski definition) is 2. The van der Waals surface area contributed by atoms with Crippen LogP contribution in [-0.4, -0.2) is 11.6 Å². The zero-order valence-corrected chi connectivity index (χ0v) is 13.1. The van der Waals surface area contributed by atoms with Crippen molar-refractivity contribution in [3.05, 3.63) is 90.0 Å². The van der Waals surface area contributed by atoms with Gasteiger partial charge < -0.3 is 0 Å². The summed E-state index contributed by atoms with van der Waals surface area (Å²) in [5, 5.41) is 4.06. The van der Waals surface area contributed by atoms with E-state index in [4.69, 9.17) is 0 Å². The lowest BCUT2D eigenvalue weighted by molar-refractivity contribution is -0.120. The van der Waals surface area contributed by atoms with Crippen molar-refractivity contribution in [2.75, 3.05) is 0 Å². The molecule has 0 fully saturated rings. The second kappa shape index (κ2) is 9.15. The molecular formula is C20H20N2O. The number of carbonyl (C=O) groups is 1. The maximum atomic E-state index is 11.8. The zero-order chi connectivity index (χ0) is 16.3. The number of nitrogens with one attached hydrogen (secondary N) is 1. The molecule has 0 aliphatic rings. The molecule has 0 saturated heterocycles. The smallest absolute Gasteiger partial charge is 0.244 e. The molecule has 0 unspecified atom stereocenters. The lowest BCUT2D eigenvalue weighted by Gasteiger charge is -2.00. The first kappa shape index (κ1) is 16.4. The molecule has 1 N–H and O–H groups in total. The third-order valence-electron chi connectivity index (χ3n) is 3.10. The normalized spacial score (nSPS) is 12.0. The van der Waals surface area contributed by atoms with Crippen LogP contribution < -0.4 is 5.43 Å². The van der Waals surface area contributed by atoms with Gasteiger partial charge >= 0.3 is 0 Å². The molecule has 2 rings (SSSR count). The molecule has 116 valence electrons. The number of benzene rings is 2. The highest BCUT2D eigenvalue weighted by molar-refractivity contribution is 5.94. The van der Waals surface area contributed by atoms with E-state index in [9.17, 15) is 4.79 Å². The number of rotatable bonds is 6. The van der Waals surface area contributed by atoms with Crippen LogP contribution in [0.1, 0.15) is 18.1 Å². The molecule has 3 heteroatoms. The van der Waals surface area contributed by atoms with E-state index in [0.717, 1.165) is 16.8 Å². The summed E-state index contributed by atoms with van der Waals surface area (Å²) in [6.07, 6.45) is 8.03. The van der Waals surface area contributed by atoms with E-state index in [0.29, 0.717) is 6.42 Å². The molecular weight excluding hydrogens is 284 g/mol. The number of hydrogen-bond donors (Lipinski definition) is 1. The summed E-state index contributed by atoms with van der Waals surface area (Å²) in [7, 11) is 0. The number of allylic oxidation sites excluding steroid dienone is 3. The van der Waals surface area contributed by atoms with Crippen LogP contribution in [0.4, 0.5) is 0 Å². The molecule has 0 radical (unpaired) electrons. The summed E-state index contributed by atoms with van der Waals surface area (Å²) in [6.45, 7) is 1.84. The van der Waals surface area contributed by atoms with Crippen molar-refractivity contribution in [1.82, 2.24) is 5.43 Å². The topological polar surface area (TPSA) is 41.5 Å². The van der Waals surface area contributed by atoms with Crippen molar-refractivity contribution >= 4 is 17.7 Å². The van der Waals surface area contributed by atoms with Crippen LogP contribution in [0.5, 0.6) is 0 Å². The molecule has 2 aromatic carbocycles.